The van der Waals surface area contributed by atoms with Crippen LogP contribution in [0, 0.1) is 11.6 Å². The van der Waals surface area contributed by atoms with Gasteiger partial charge in [-0.25, -0.2) is 13.5 Å². The summed E-state index contributed by atoms with van der Waals surface area (Å²) in [7, 11) is 0. The van der Waals surface area contributed by atoms with Gasteiger partial charge in [-0.2, -0.15) is 5.10 Å². The first-order valence-electron chi connectivity index (χ1n) is 12.2. The molecule has 1 unspecified atom stereocenters. The van der Waals surface area contributed by atoms with Crippen molar-refractivity contribution in [2.75, 3.05) is 17.2 Å². The summed E-state index contributed by atoms with van der Waals surface area (Å²) in [6.45, 7) is 3.47. The second-order valence-electron chi connectivity index (χ2n) is 9.29. The molecule has 0 aliphatic carbocycles. The normalized spacial score (nSPS) is 15.3. The molecule has 1 atom stereocenters. The Morgan fingerprint density at radius 3 is 2.45 bits per heavy atom. The van der Waals surface area contributed by atoms with Gasteiger partial charge in [0.25, 0.3) is 0 Å². The van der Waals surface area contributed by atoms with E-state index in [2.05, 4.69) is 5.32 Å². The quantitative estimate of drug-likeness (QED) is 0.356. The lowest BCUT2D eigenvalue weighted by atomic mass is 9.99. The molecule has 9 heteroatoms. The highest BCUT2D eigenvalue weighted by Crippen LogP contribution is 2.48. The zero-order valence-corrected chi connectivity index (χ0v) is 21.7. The molecular weight excluding hydrogens is 506 g/mol. The molecule has 0 radical (unpaired) electrons. The number of benzene rings is 3. The molecule has 0 saturated carbocycles. The summed E-state index contributed by atoms with van der Waals surface area (Å²) in [5.74, 6) is -0.923. The first kappa shape index (κ1) is 25.7. The number of nitrogens with zero attached hydrogens (tertiary/aromatic N) is 3. The fourth-order valence-electron chi connectivity index (χ4n) is 4.53. The van der Waals surface area contributed by atoms with Crippen LogP contribution in [0.25, 0.3) is 16.9 Å². The van der Waals surface area contributed by atoms with Crippen LogP contribution in [0.1, 0.15) is 30.2 Å². The number of anilines is 1. The van der Waals surface area contributed by atoms with E-state index in [9.17, 15) is 18.4 Å². The van der Waals surface area contributed by atoms with E-state index >= 15 is 0 Å². The van der Waals surface area contributed by atoms with E-state index in [1.165, 1.54) is 40.9 Å². The van der Waals surface area contributed by atoms with Crippen molar-refractivity contribution in [2.24, 2.45) is 0 Å². The maximum Gasteiger partial charge on any atom is 0.240 e. The molecule has 194 valence electrons. The SMILES string of the molecule is CC(C)NC(=O)CN1C(=O)CSC(c2cccc(F)c2)c2c(-c3ccccc3)nn(-c3ccc(F)cc3)c21. The predicted molar refractivity (Wildman–Crippen MR) is 145 cm³/mol. The molecular formula is C29H26F2N4O2S. The van der Waals surface area contributed by atoms with E-state index in [-0.39, 0.29) is 36.0 Å². The number of thioether (sulfide) groups is 1. The summed E-state index contributed by atoms with van der Waals surface area (Å²) < 4.78 is 29.8. The Labute approximate surface area is 223 Å². The predicted octanol–water partition coefficient (Wildman–Crippen LogP) is 5.51. The number of nitrogens with one attached hydrogen (secondary N) is 1. The number of hydrogen-bond donors (Lipinski definition) is 1. The van der Waals surface area contributed by atoms with E-state index in [4.69, 9.17) is 5.10 Å². The van der Waals surface area contributed by atoms with E-state index in [0.717, 1.165) is 5.56 Å². The van der Waals surface area contributed by atoms with Gasteiger partial charge in [0.2, 0.25) is 11.8 Å². The number of halogens is 2. The molecule has 1 aromatic heterocycles. The van der Waals surface area contributed by atoms with Crippen molar-refractivity contribution >= 4 is 29.4 Å². The maximum atomic E-state index is 14.4. The van der Waals surface area contributed by atoms with Gasteiger partial charge in [0.05, 0.1) is 22.4 Å². The second kappa shape index (κ2) is 10.8. The smallest absolute Gasteiger partial charge is 0.240 e. The zero-order chi connectivity index (χ0) is 26.8. The van der Waals surface area contributed by atoms with E-state index in [0.29, 0.717) is 28.3 Å². The third-order valence-electron chi connectivity index (χ3n) is 6.11. The van der Waals surface area contributed by atoms with Crippen LogP contribution in [0.3, 0.4) is 0 Å². The van der Waals surface area contributed by atoms with Crippen molar-refractivity contribution in [3.8, 4) is 16.9 Å². The van der Waals surface area contributed by atoms with Gasteiger partial charge in [0, 0.05) is 17.2 Å². The van der Waals surface area contributed by atoms with Crippen LogP contribution < -0.4 is 10.2 Å². The molecule has 2 heterocycles. The van der Waals surface area contributed by atoms with Gasteiger partial charge in [-0.05, 0) is 55.8 Å². The summed E-state index contributed by atoms with van der Waals surface area (Å²) in [6, 6.07) is 21.4. The fraction of sp³-hybridized carbons (Fsp3) is 0.207. The monoisotopic (exact) mass is 532 g/mol. The molecule has 38 heavy (non-hydrogen) atoms. The van der Waals surface area contributed by atoms with Crippen LogP contribution in [0.15, 0.2) is 78.9 Å². The summed E-state index contributed by atoms with van der Waals surface area (Å²) >= 11 is 1.36. The minimum Gasteiger partial charge on any atom is -0.352 e. The minimum atomic E-state index is -0.452. The number of fused-ring (bicyclic) bond motifs is 1. The molecule has 3 aromatic carbocycles. The van der Waals surface area contributed by atoms with Crippen LogP contribution in [0.2, 0.25) is 0 Å². The number of aromatic nitrogens is 2. The highest BCUT2D eigenvalue weighted by molar-refractivity contribution is 8.00. The average Bonchev–Trinajstić information content (AvgIpc) is 3.21. The lowest BCUT2D eigenvalue weighted by molar-refractivity contribution is -0.123. The Morgan fingerprint density at radius 1 is 1.03 bits per heavy atom. The minimum absolute atomic E-state index is 0.0719. The Kier molecular flexibility index (Phi) is 7.28. The Balaban J connectivity index is 1.80. The fourth-order valence-corrected chi connectivity index (χ4v) is 5.72. The molecule has 4 aromatic rings. The first-order valence-corrected chi connectivity index (χ1v) is 13.3. The second-order valence-corrected chi connectivity index (χ2v) is 10.4. The summed E-state index contributed by atoms with van der Waals surface area (Å²) in [6.07, 6.45) is 0. The van der Waals surface area contributed by atoms with Gasteiger partial charge in [-0.3, -0.25) is 14.5 Å². The highest BCUT2D eigenvalue weighted by atomic mass is 32.2. The van der Waals surface area contributed by atoms with Gasteiger partial charge in [0.15, 0.2) is 0 Å². The summed E-state index contributed by atoms with van der Waals surface area (Å²) in [5.41, 5.74) is 3.27. The molecule has 0 saturated heterocycles. The van der Waals surface area contributed by atoms with Crippen molar-refractivity contribution < 1.29 is 18.4 Å². The number of carbonyl (C=O) groups is 2. The maximum absolute atomic E-state index is 14.4. The van der Waals surface area contributed by atoms with E-state index in [1.54, 1.807) is 22.9 Å². The Bertz CT molecular complexity index is 1470. The van der Waals surface area contributed by atoms with Crippen molar-refractivity contribution in [1.29, 1.82) is 0 Å². The number of hydrogen-bond acceptors (Lipinski definition) is 4. The molecule has 6 nitrogen and oxygen atoms in total. The van der Waals surface area contributed by atoms with Gasteiger partial charge in [-0.1, -0.05) is 42.5 Å². The molecule has 1 aliphatic rings. The molecule has 2 amide bonds. The Morgan fingerprint density at radius 2 is 1.76 bits per heavy atom. The molecule has 0 bridgehead atoms. The van der Waals surface area contributed by atoms with Crippen LogP contribution in [-0.2, 0) is 9.59 Å². The van der Waals surface area contributed by atoms with Gasteiger partial charge in [-0.15, -0.1) is 11.8 Å². The number of rotatable bonds is 6. The molecule has 0 fully saturated rings. The van der Waals surface area contributed by atoms with Crippen LogP contribution in [0.5, 0.6) is 0 Å². The third-order valence-corrected chi connectivity index (χ3v) is 7.37. The molecule has 0 spiro atoms. The molecule has 5 rings (SSSR count). The van der Waals surface area contributed by atoms with Crippen molar-refractivity contribution in [3.63, 3.8) is 0 Å². The first-order chi connectivity index (χ1) is 18.3. The average molecular weight is 533 g/mol. The third kappa shape index (κ3) is 5.19. The van der Waals surface area contributed by atoms with Gasteiger partial charge < -0.3 is 5.32 Å². The highest BCUT2D eigenvalue weighted by Gasteiger charge is 2.37. The van der Waals surface area contributed by atoms with Crippen molar-refractivity contribution in [2.45, 2.75) is 25.1 Å². The van der Waals surface area contributed by atoms with E-state index < -0.39 is 11.1 Å². The largest absolute Gasteiger partial charge is 0.352 e. The summed E-state index contributed by atoms with van der Waals surface area (Å²) in [5, 5.41) is 7.31. The lowest BCUT2D eigenvalue weighted by Gasteiger charge is -2.23. The number of carbonyl (C=O) groups excluding carboxylic acids is 2. The lowest BCUT2D eigenvalue weighted by Crippen LogP contribution is -2.44. The zero-order valence-electron chi connectivity index (χ0n) is 20.9. The molecule has 1 aliphatic heterocycles. The van der Waals surface area contributed by atoms with Gasteiger partial charge in [0.1, 0.15) is 24.0 Å². The van der Waals surface area contributed by atoms with Crippen LogP contribution in [0.4, 0.5) is 14.6 Å². The summed E-state index contributed by atoms with van der Waals surface area (Å²) in [4.78, 5) is 27.9. The van der Waals surface area contributed by atoms with Crippen LogP contribution in [-0.4, -0.2) is 39.9 Å². The van der Waals surface area contributed by atoms with Crippen molar-refractivity contribution in [3.05, 3.63) is 102 Å². The number of amides is 2. The molecule has 1 N–H and O–H groups in total. The van der Waals surface area contributed by atoms with Gasteiger partial charge >= 0.3 is 0 Å². The van der Waals surface area contributed by atoms with Crippen LogP contribution >= 0.6 is 11.8 Å². The Hall–Kier alpha value is -3.98. The topological polar surface area (TPSA) is 67.2 Å². The van der Waals surface area contributed by atoms with Crippen molar-refractivity contribution in [1.82, 2.24) is 15.1 Å². The standard InChI is InChI=1S/C29H26F2N4O2S/c1-18(2)32-24(36)16-34-25(37)17-38-28(20-9-6-10-22(31)15-20)26-27(19-7-4-3-5-8-19)33-35(29(26)34)23-13-11-21(30)12-14-23/h3-15,18,28H,16-17H2,1-2H3,(H,32,36). The van der Waals surface area contributed by atoms with E-state index in [1.807, 2.05) is 50.2 Å².